The summed E-state index contributed by atoms with van der Waals surface area (Å²) in [6, 6.07) is 13.4. The molecule has 2 aliphatic rings. The van der Waals surface area contributed by atoms with Gasteiger partial charge in [0.05, 0.1) is 38.9 Å². The van der Waals surface area contributed by atoms with Gasteiger partial charge in [-0.2, -0.15) is 0 Å². The van der Waals surface area contributed by atoms with Crippen molar-refractivity contribution < 1.29 is 28.5 Å². The number of nitrogens with one attached hydrogen (secondary N) is 1. The Labute approximate surface area is 224 Å². The molecule has 0 bridgehead atoms. The van der Waals surface area contributed by atoms with E-state index >= 15 is 0 Å². The lowest BCUT2D eigenvalue weighted by molar-refractivity contribution is -0.139. The molecule has 1 heterocycles. The molecule has 0 spiro atoms. The Bertz CT molecular complexity index is 1260. The lowest BCUT2D eigenvalue weighted by Crippen LogP contribution is -2.36. The third kappa shape index (κ3) is 5.42. The second kappa shape index (κ2) is 12.2. The molecule has 2 aromatic carbocycles. The van der Waals surface area contributed by atoms with Crippen LogP contribution in [-0.4, -0.2) is 39.2 Å². The van der Waals surface area contributed by atoms with E-state index in [0.29, 0.717) is 60.1 Å². The predicted molar refractivity (Wildman–Crippen MR) is 146 cm³/mol. The number of methoxy groups -OCH3 is 2. The van der Waals surface area contributed by atoms with E-state index in [0.717, 1.165) is 29.7 Å². The number of allylic oxidation sites excluding steroid dienone is 3. The van der Waals surface area contributed by atoms with Crippen molar-refractivity contribution in [2.24, 2.45) is 0 Å². The highest BCUT2D eigenvalue weighted by Gasteiger charge is 2.42. The molecule has 202 valence electrons. The maximum absolute atomic E-state index is 13.9. The molecule has 1 aliphatic carbocycles. The number of Topliss-reactive ketones (excluding diaryl/α,β-unsaturated/α-hetero) is 1. The first-order chi connectivity index (χ1) is 18.4. The minimum Gasteiger partial charge on any atom is -0.494 e. The minimum atomic E-state index is -0.568. The molecule has 0 saturated carbocycles. The number of carbonyl (C=O) groups is 2. The third-order valence-corrected chi connectivity index (χ3v) is 7.19. The van der Waals surface area contributed by atoms with Gasteiger partial charge in [-0.3, -0.25) is 4.79 Å². The smallest absolute Gasteiger partial charge is 0.336 e. The van der Waals surface area contributed by atoms with Crippen LogP contribution >= 0.6 is 0 Å². The summed E-state index contributed by atoms with van der Waals surface area (Å²) in [5.41, 5.74) is 4.40. The van der Waals surface area contributed by atoms with Crippen molar-refractivity contribution >= 4 is 11.8 Å². The second-order valence-electron chi connectivity index (χ2n) is 9.59. The molecule has 7 heteroatoms. The molecular weight excluding hydrogens is 482 g/mol. The summed E-state index contributed by atoms with van der Waals surface area (Å²) in [4.78, 5) is 27.3. The lowest BCUT2D eigenvalue weighted by Gasteiger charge is -2.37. The molecule has 0 radical (unpaired) electrons. The molecule has 4 rings (SSSR count). The Morgan fingerprint density at radius 1 is 1.00 bits per heavy atom. The van der Waals surface area contributed by atoms with Crippen LogP contribution in [0.3, 0.4) is 0 Å². The Balaban J connectivity index is 1.78. The standard InChI is InChI=1S/C31H37NO6/c1-6-8-15-38-31(34)28-19(3)32-23-16-21(20-13-14-26(35-4)27(18-20)36-5)17-24(33)30(23)29(28)22-11-9-10-12-25(22)37-7-2/h9-14,18,21,29,32H,6-8,15-17H2,1-5H3/t21-,29+/m1/s1. The van der Waals surface area contributed by atoms with Gasteiger partial charge in [-0.25, -0.2) is 4.79 Å². The summed E-state index contributed by atoms with van der Waals surface area (Å²) in [6.45, 7) is 6.66. The highest BCUT2D eigenvalue weighted by Crippen LogP contribution is 2.48. The van der Waals surface area contributed by atoms with Gasteiger partial charge in [-0.15, -0.1) is 0 Å². The molecule has 2 atom stereocenters. The molecule has 7 nitrogen and oxygen atoms in total. The van der Waals surface area contributed by atoms with Crippen LogP contribution in [0.4, 0.5) is 0 Å². The van der Waals surface area contributed by atoms with E-state index in [9.17, 15) is 9.59 Å². The number of carbonyl (C=O) groups excluding carboxylic acids is 2. The Morgan fingerprint density at radius 2 is 1.76 bits per heavy atom. The maximum Gasteiger partial charge on any atom is 0.336 e. The van der Waals surface area contributed by atoms with Crippen molar-refractivity contribution in [1.29, 1.82) is 0 Å². The summed E-state index contributed by atoms with van der Waals surface area (Å²) in [5.74, 6) is 0.930. The van der Waals surface area contributed by atoms with Crippen molar-refractivity contribution in [3.05, 3.63) is 76.1 Å². The topological polar surface area (TPSA) is 83.1 Å². The van der Waals surface area contributed by atoms with Crippen LogP contribution in [0.15, 0.2) is 65.0 Å². The summed E-state index contributed by atoms with van der Waals surface area (Å²) in [6.07, 6.45) is 2.65. The van der Waals surface area contributed by atoms with Gasteiger partial charge in [0.15, 0.2) is 17.3 Å². The fraction of sp³-hybridized carbons (Fsp3) is 0.419. The Kier molecular flexibility index (Phi) is 8.77. The van der Waals surface area contributed by atoms with E-state index in [2.05, 4.69) is 5.32 Å². The van der Waals surface area contributed by atoms with Crippen LogP contribution in [-0.2, 0) is 14.3 Å². The van der Waals surface area contributed by atoms with Crippen LogP contribution in [0.25, 0.3) is 0 Å². The number of para-hydroxylation sites is 1. The predicted octanol–water partition coefficient (Wildman–Crippen LogP) is 5.81. The fourth-order valence-corrected chi connectivity index (χ4v) is 5.36. The van der Waals surface area contributed by atoms with Crippen LogP contribution in [0, 0.1) is 0 Å². The van der Waals surface area contributed by atoms with E-state index in [1.54, 1.807) is 14.2 Å². The molecule has 38 heavy (non-hydrogen) atoms. The van der Waals surface area contributed by atoms with E-state index in [4.69, 9.17) is 18.9 Å². The molecule has 0 amide bonds. The van der Waals surface area contributed by atoms with E-state index in [-0.39, 0.29) is 11.7 Å². The van der Waals surface area contributed by atoms with Crippen LogP contribution in [0.2, 0.25) is 0 Å². The van der Waals surface area contributed by atoms with Crippen LogP contribution in [0.1, 0.15) is 69.4 Å². The molecule has 0 unspecified atom stereocenters. The Hall–Kier alpha value is -3.74. The Morgan fingerprint density at radius 3 is 2.47 bits per heavy atom. The number of hydrogen-bond donors (Lipinski definition) is 1. The molecule has 1 N–H and O–H groups in total. The second-order valence-corrected chi connectivity index (χ2v) is 9.59. The van der Waals surface area contributed by atoms with Gasteiger partial charge in [0.2, 0.25) is 0 Å². The maximum atomic E-state index is 13.9. The van der Waals surface area contributed by atoms with Gasteiger partial charge >= 0.3 is 5.97 Å². The number of esters is 1. The summed E-state index contributed by atoms with van der Waals surface area (Å²) in [7, 11) is 3.21. The highest BCUT2D eigenvalue weighted by molar-refractivity contribution is 6.04. The molecule has 0 aromatic heterocycles. The molecule has 0 fully saturated rings. The summed E-state index contributed by atoms with van der Waals surface area (Å²) >= 11 is 0. The first-order valence-electron chi connectivity index (χ1n) is 13.3. The van der Waals surface area contributed by atoms with Crippen molar-refractivity contribution in [3.63, 3.8) is 0 Å². The normalized spacial score (nSPS) is 19.0. The lowest BCUT2D eigenvalue weighted by atomic mass is 9.71. The number of ether oxygens (including phenoxy) is 4. The zero-order valence-electron chi connectivity index (χ0n) is 22.9. The first-order valence-corrected chi connectivity index (χ1v) is 13.3. The first kappa shape index (κ1) is 27.3. The third-order valence-electron chi connectivity index (χ3n) is 7.19. The van der Waals surface area contributed by atoms with Gasteiger partial charge in [-0.1, -0.05) is 37.6 Å². The van der Waals surface area contributed by atoms with Gasteiger partial charge in [-0.05, 0) is 56.4 Å². The number of benzene rings is 2. The molecule has 2 aromatic rings. The molecule has 1 aliphatic heterocycles. The van der Waals surface area contributed by atoms with Crippen LogP contribution in [0.5, 0.6) is 17.2 Å². The van der Waals surface area contributed by atoms with Gasteiger partial charge in [0.25, 0.3) is 0 Å². The van der Waals surface area contributed by atoms with Crippen molar-refractivity contribution in [1.82, 2.24) is 5.32 Å². The van der Waals surface area contributed by atoms with Gasteiger partial charge in [0.1, 0.15) is 5.75 Å². The SMILES string of the molecule is CCCCOC(=O)C1=C(C)NC2=C(C(=O)C[C@H](c3ccc(OC)c(OC)c3)C2)[C@H]1c1ccccc1OCC. The number of dihydropyridines is 1. The van der Waals surface area contributed by atoms with Gasteiger partial charge in [0, 0.05) is 29.0 Å². The molecule has 0 saturated heterocycles. The molecular formula is C31H37NO6. The number of unbranched alkanes of at least 4 members (excludes halogenated alkanes) is 1. The average molecular weight is 520 g/mol. The summed E-state index contributed by atoms with van der Waals surface area (Å²) in [5, 5.41) is 3.41. The highest BCUT2D eigenvalue weighted by atomic mass is 16.5. The van der Waals surface area contributed by atoms with Crippen molar-refractivity contribution in [2.45, 2.75) is 58.3 Å². The van der Waals surface area contributed by atoms with Gasteiger partial charge < -0.3 is 24.3 Å². The van der Waals surface area contributed by atoms with Crippen molar-refractivity contribution in [3.8, 4) is 17.2 Å². The monoisotopic (exact) mass is 519 g/mol. The van der Waals surface area contributed by atoms with Crippen LogP contribution < -0.4 is 19.5 Å². The zero-order chi connectivity index (χ0) is 27.2. The van der Waals surface area contributed by atoms with Crippen molar-refractivity contribution in [2.75, 3.05) is 27.4 Å². The quantitative estimate of drug-likeness (QED) is 0.313. The van der Waals surface area contributed by atoms with E-state index < -0.39 is 11.9 Å². The fourth-order valence-electron chi connectivity index (χ4n) is 5.36. The summed E-state index contributed by atoms with van der Waals surface area (Å²) < 4.78 is 22.5. The van der Waals surface area contributed by atoms with E-state index in [1.807, 2.05) is 63.2 Å². The minimum absolute atomic E-state index is 0.00111. The zero-order valence-corrected chi connectivity index (χ0v) is 22.9. The number of hydrogen-bond acceptors (Lipinski definition) is 7. The number of rotatable bonds is 10. The van der Waals surface area contributed by atoms with E-state index in [1.165, 1.54) is 0 Å². The number of ketones is 1. The average Bonchev–Trinajstić information content (AvgIpc) is 2.92. The largest absolute Gasteiger partial charge is 0.494 e.